The van der Waals surface area contributed by atoms with Crippen molar-refractivity contribution in [3.63, 3.8) is 0 Å². The highest BCUT2D eigenvalue weighted by Crippen LogP contribution is 2.38. The Balaban J connectivity index is 2.10. The predicted octanol–water partition coefficient (Wildman–Crippen LogP) is 3.50. The zero-order valence-electron chi connectivity index (χ0n) is 9.28. The molecule has 0 aliphatic carbocycles. The van der Waals surface area contributed by atoms with Crippen LogP contribution in [0.25, 0.3) is 6.08 Å². The van der Waals surface area contributed by atoms with E-state index in [-0.39, 0.29) is 10.6 Å². The van der Waals surface area contributed by atoms with Crippen LogP contribution in [0.5, 0.6) is 5.75 Å². The first-order valence-electron chi connectivity index (χ1n) is 5.41. The molecule has 0 N–H and O–H groups in total. The molecule has 0 saturated carbocycles. The van der Waals surface area contributed by atoms with Gasteiger partial charge in [-0.1, -0.05) is 24.3 Å². The molecular weight excluding hydrogens is 250 g/mol. The van der Waals surface area contributed by atoms with Crippen molar-refractivity contribution in [2.45, 2.75) is 6.10 Å². The van der Waals surface area contributed by atoms with Gasteiger partial charge in [-0.3, -0.25) is 10.1 Å². The maximum Gasteiger partial charge on any atom is 0.292 e. The fourth-order valence-electron chi connectivity index (χ4n) is 1.92. The molecule has 18 heavy (non-hydrogen) atoms. The molecule has 90 valence electrons. The SMILES string of the molecule is O=[N+]([O-])C1=Cc2ccccc2O[C@H]1c1cccs1. The van der Waals surface area contributed by atoms with Gasteiger partial charge in [-0.2, -0.15) is 0 Å². The lowest BCUT2D eigenvalue weighted by atomic mass is 10.1. The third kappa shape index (κ3) is 1.78. The Labute approximate surface area is 107 Å². The van der Waals surface area contributed by atoms with Crippen molar-refractivity contribution in [2.75, 3.05) is 0 Å². The van der Waals surface area contributed by atoms with E-state index in [0.717, 1.165) is 10.4 Å². The van der Waals surface area contributed by atoms with Crippen LogP contribution in [0.2, 0.25) is 0 Å². The molecular formula is C13H9NO3S. The summed E-state index contributed by atoms with van der Waals surface area (Å²) in [5.41, 5.74) is 0.827. The summed E-state index contributed by atoms with van der Waals surface area (Å²) in [5, 5.41) is 13.0. The zero-order chi connectivity index (χ0) is 12.5. The summed E-state index contributed by atoms with van der Waals surface area (Å²) < 4.78 is 5.75. The van der Waals surface area contributed by atoms with E-state index in [9.17, 15) is 10.1 Å². The third-order valence-electron chi connectivity index (χ3n) is 2.75. The summed E-state index contributed by atoms with van der Waals surface area (Å²) in [6, 6.07) is 11.0. The van der Waals surface area contributed by atoms with Gasteiger partial charge in [0.25, 0.3) is 5.70 Å². The molecule has 0 spiro atoms. The molecule has 0 unspecified atom stereocenters. The topological polar surface area (TPSA) is 52.4 Å². The van der Waals surface area contributed by atoms with Crippen LogP contribution in [0.15, 0.2) is 47.5 Å². The van der Waals surface area contributed by atoms with Crippen LogP contribution in [0.4, 0.5) is 0 Å². The first-order chi connectivity index (χ1) is 8.75. The van der Waals surface area contributed by atoms with Gasteiger partial charge >= 0.3 is 0 Å². The number of hydrogen-bond donors (Lipinski definition) is 0. The van der Waals surface area contributed by atoms with Crippen molar-refractivity contribution in [1.29, 1.82) is 0 Å². The van der Waals surface area contributed by atoms with Crippen LogP contribution < -0.4 is 4.74 Å². The Kier molecular flexibility index (Phi) is 2.60. The molecule has 5 heteroatoms. The van der Waals surface area contributed by atoms with E-state index in [1.165, 1.54) is 11.3 Å². The molecule has 2 aromatic rings. The molecule has 2 heterocycles. The van der Waals surface area contributed by atoms with Gasteiger partial charge in [0, 0.05) is 11.6 Å². The van der Waals surface area contributed by atoms with Gasteiger partial charge in [0.2, 0.25) is 6.10 Å². The number of fused-ring (bicyclic) bond motifs is 1. The summed E-state index contributed by atoms with van der Waals surface area (Å²) >= 11 is 1.45. The molecule has 1 aromatic carbocycles. The van der Waals surface area contributed by atoms with Crippen molar-refractivity contribution >= 4 is 17.4 Å². The summed E-state index contributed by atoms with van der Waals surface area (Å²) in [4.78, 5) is 11.6. The monoisotopic (exact) mass is 259 g/mol. The predicted molar refractivity (Wildman–Crippen MR) is 69.1 cm³/mol. The molecule has 0 radical (unpaired) electrons. The van der Waals surface area contributed by atoms with Gasteiger partial charge in [0.1, 0.15) is 5.75 Å². The minimum absolute atomic E-state index is 0.0798. The van der Waals surface area contributed by atoms with Crippen LogP contribution in [0, 0.1) is 10.1 Å². The summed E-state index contributed by atoms with van der Waals surface area (Å²) in [5.74, 6) is 0.682. The highest BCUT2D eigenvalue weighted by molar-refractivity contribution is 7.10. The van der Waals surface area contributed by atoms with Crippen LogP contribution in [-0.4, -0.2) is 4.92 Å². The Morgan fingerprint density at radius 1 is 1.22 bits per heavy atom. The second kappa shape index (κ2) is 4.27. The lowest BCUT2D eigenvalue weighted by Crippen LogP contribution is -2.18. The standard InChI is InChI=1S/C13H9NO3S/c15-14(16)10-8-9-4-1-2-5-11(9)17-13(10)12-6-3-7-18-12/h1-8,13H/t13-/m1/s1. The average Bonchev–Trinajstić information content (AvgIpc) is 2.91. The quantitative estimate of drug-likeness (QED) is 0.612. The fourth-order valence-corrected chi connectivity index (χ4v) is 2.69. The average molecular weight is 259 g/mol. The lowest BCUT2D eigenvalue weighted by molar-refractivity contribution is -0.434. The zero-order valence-corrected chi connectivity index (χ0v) is 10.1. The Bertz CT molecular complexity index is 619. The summed E-state index contributed by atoms with van der Waals surface area (Å²) in [7, 11) is 0. The largest absolute Gasteiger partial charge is 0.473 e. The smallest absolute Gasteiger partial charge is 0.292 e. The van der Waals surface area contributed by atoms with E-state index in [0.29, 0.717) is 5.75 Å². The van der Waals surface area contributed by atoms with Crippen molar-refractivity contribution < 1.29 is 9.66 Å². The summed E-state index contributed by atoms with van der Waals surface area (Å²) in [6.07, 6.45) is 0.971. The fraction of sp³-hybridized carbons (Fsp3) is 0.0769. The van der Waals surface area contributed by atoms with Crippen LogP contribution in [-0.2, 0) is 0 Å². The molecule has 4 nitrogen and oxygen atoms in total. The third-order valence-corrected chi connectivity index (χ3v) is 3.66. The first kappa shape index (κ1) is 11.0. The lowest BCUT2D eigenvalue weighted by Gasteiger charge is -2.21. The number of rotatable bonds is 2. The first-order valence-corrected chi connectivity index (χ1v) is 6.29. The van der Waals surface area contributed by atoms with E-state index >= 15 is 0 Å². The highest BCUT2D eigenvalue weighted by atomic mass is 32.1. The normalized spacial score (nSPS) is 17.6. The maximum absolute atomic E-state index is 11.1. The van der Waals surface area contributed by atoms with Crippen LogP contribution in [0.1, 0.15) is 16.5 Å². The Hall–Kier alpha value is -2.14. The van der Waals surface area contributed by atoms with E-state index in [1.54, 1.807) is 6.08 Å². The van der Waals surface area contributed by atoms with E-state index in [4.69, 9.17) is 4.74 Å². The molecule has 1 aliphatic heterocycles. The van der Waals surface area contributed by atoms with Crippen LogP contribution >= 0.6 is 11.3 Å². The van der Waals surface area contributed by atoms with Gasteiger partial charge < -0.3 is 4.74 Å². The molecule has 1 atom stereocenters. The van der Waals surface area contributed by atoms with Gasteiger partial charge in [-0.05, 0) is 17.5 Å². The molecule has 0 bridgehead atoms. The van der Waals surface area contributed by atoms with Crippen molar-refractivity contribution in [2.24, 2.45) is 0 Å². The number of hydrogen-bond acceptors (Lipinski definition) is 4. The second-order valence-electron chi connectivity index (χ2n) is 3.88. The van der Waals surface area contributed by atoms with E-state index in [2.05, 4.69) is 0 Å². The number of nitrogens with zero attached hydrogens (tertiary/aromatic N) is 1. The second-order valence-corrected chi connectivity index (χ2v) is 4.86. The van der Waals surface area contributed by atoms with E-state index in [1.807, 2.05) is 41.8 Å². The minimum atomic E-state index is -0.616. The van der Waals surface area contributed by atoms with Crippen molar-refractivity contribution in [1.82, 2.24) is 0 Å². The molecule has 0 fully saturated rings. The number of para-hydroxylation sites is 1. The van der Waals surface area contributed by atoms with Gasteiger partial charge in [0.05, 0.1) is 9.80 Å². The highest BCUT2D eigenvalue weighted by Gasteiger charge is 2.33. The van der Waals surface area contributed by atoms with Gasteiger partial charge in [0.15, 0.2) is 0 Å². The molecule has 3 rings (SSSR count). The number of nitro groups is 1. The van der Waals surface area contributed by atoms with E-state index < -0.39 is 6.10 Å². The molecule has 0 saturated heterocycles. The number of ether oxygens (including phenoxy) is 1. The van der Waals surface area contributed by atoms with Gasteiger partial charge in [-0.25, -0.2) is 0 Å². The molecule has 1 aliphatic rings. The maximum atomic E-state index is 11.1. The van der Waals surface area contributed by atoms with Gasteiger partial charge in [-0.15, -0.1) is 11.3 Å². The van der Waals surface area contributed by atoms with Crippen molar-refractivity contribution in [3.8, 4) is 5.75 Å². The van der Waals surface area contributed by atoms with Crippen LogP contribution in [0.3, 0.4) is 0 Å². The Morgan fingerprint density at radius 3 is 2.78 bits per heavy atom. The molecule has 0 amide bonds. The number of benzene rings is 1. The Morgan fingerprint density at radius 2 is 2.06 bits per heavy atom. The summed E-state index contributed by atoms with van der Waals surface area (Å²) in [6.45, 7) is 0. The number of thiophene rings is 1. The minimum Gasteiger partial charge on any atom is -0.473 e. The van der Waals surface area contributed by atoms with Crippen molar-refractivity contribution in [3.05, 3.63) is 68.0 Å². The molecule has 1 aromatic heterocycles.